The zero-order valence-corrected chi connectivity index (χ0v) is 14.2. The zero-order valence-electron chi connectivity index (χ0n) is 14.2. The van der Waals surface area contributed by atoms with Crippen molar-refractivity contribution in [1.29, 1.82) is 0 Å². The molecule has 0 spiro atoms. The monoisotopic (exact) mass is 320 g/mol. The number of aromatic nitrogens is 2. The molecule has 1 saturated carbocycles. The van der Waals surface area contributed by atoms with Crippen LogP contribution in [0, 0.1) is 0 Å². The Morgan fingerprint density at radius 1 is 1.30 bits per heavy atom. The van der Waals surface area contributed by atoms with Gasteiger partial charge in [0.1, 0.15) is 5.60 Å². The summed E-state index contributed by atoms with van der Waals surface area (Å²) in [5, 5.41) is 7.35. The molecule has 1 aromatic rings. The predicted octanol–water partition coefficient (Wildman–Crippen LogP) is 1.61. The number of carbonyl (C=O) groups is 2. The molecule has 1 aliphatic heterocycles. The lowest BCUT2D eigenvalue weighted by molar-refractivity contribution is 0.0219. The highest BCUT2D eigenvalue weighted by Gasteiger charge is 2.32. The molecule has 0 radical (unpaired) electrons. The number of hydrogen-bond acceptors (Lipinski definition) is 4. The number of ether oxygens (including phenoxy) is 1. The van der Waals surface area contributed by atoms with Gasteiger partial charge in [-0.3, -0.25) is 9.48 Å². The van der Waals surface area contributed by atoms with E-state index in [0.717, 1.165) is 24.1 Å². The number of fused-ring (bicyclic) bond motifs is 1. The fraction of sp³-hybridized carbons (Fsp3) is 0.688. The van der Waals surface area contributed by atoms with Gasteiger partial charge in [-0.05, 0) is 40.0 Å². The number of rotatable bonds is 2. The van der Waals surface area contributed by atoms with Crippen molar-refractivity contribution < 1.29 is 14.3 Å². The SMILES string of the molecule is Cn1nc(C(=O)NC2CC2)c2c1CN(C(=O)OC(C)(C)C)CC2. The normalized spacial score (nSPS) is 17.7. The fourth-order valence-electron chi connectivity index (χ4n) is 2.72. The Balaban J connectivity index is 1.75. The number of nitrogens with one attached hydrogen (secondary N) is 1. The summed E-state index contributed by atoms with van der Waals surface area (Å²) in [7, 11) is 1.81. The van der Waals surface area contributed by atoms with E-state index in [4.69, 9.17) is 4.74 Å². The van der Waals surface area contributed by atoms with Crippen LogP contribution in [0.1, 0.15) is 55.4 Å². The summed E-state index contributed by atoms with van der Waals surface area (Å²) in [6.07, 6.45) is 2.39. The van der Waals surface area contributed by atoms with Crippen LogP contribution in [0.15, 0.2) is 0 Å². The predicted molar refractivity (Wildman–Crippen MR) is 84.0 cm³/mol. The highest BCUT2D eigenvalue weighted by atomic mass is 16.6. The van der Waals surface area contributed by atoms with Crippen molar-refractivity contribution in [1.82, 2.24) is 20.0 Å². The third-order valence-electron chi connectivity index (χ3n) is 4.03. The maximum absolute atomic E-state index is 12.3. The Morgan fingerprint density at radius 3 is 2.61 bits per heavy atom. The summed E-state index contributed by atoms with van der Waals surface area (Å²) in [6.45, 7) is 6.52. The standard InChI is InChI=1S/C16H24N4O3/c1-16(2,3)23-15(22)20-8-7-11-12(9-20)19(4)18-13(11)14(21)17-10-5-6-10/h10H,5-9H2,1-4H3,(H,17,21). The second-order valence-electron chi connectivity index (χ2n) is 7.30. The van der Waals surface area contributed by atoms with E-state index in [0.29, 0.717) is 31.2 Å². The summed E-state index contributed by atoms with van der Waals surface area (Å²) >= 11 is 0. The first-order valence-electron chi connectivity index (χ1n) is 8.08. The number of nitrogens with zero attached hydrogens (tertiary/aromatic N) is 3. The van der Waals surface area contributed by atoms with E-state index in [-0.39, 0.29) is 12.0 Å². The van der Waals surface area contributed by atoms with Crippen LogP contribution in [0.25, 0.3) is 0 Å². The molecule has 1 fully saturated rings. The third kappa shape index (κ3) is 3.48. The van der Waals surface area contributed by atoms with E-state index >= 15 is 0 Å². The van der Waals surface area contributed by atoms with E-state index in [1.807, 2.05) is 27.8 Å². The molecule has 0 bridgehead atoms. The van der Waals surface area contributed by atoms with Gasteiger partial charge in [0, 0.05) is 25.2 Å². The molecule has 2 amide bonds. The first-order chi connectivity index (χ1) is 10.7. The first-order valence-corrected chi connectivity index (χ1v) is 8.08. The van der Waals surface area contributed by atoms with Crippen molar-refractivity contribution in [2.75, 3.05) is 6.54 Å². The average molecular weight is 320 g/mol. The lowest BCUT2D eigenvalue weighted by atomic mass is 10.0. The van der Waals surface area contributed by atoms with Crippen LogP contribution >= 0.6 is 0 Å². The topological polar surface area (TPSA) is 76.5 Å². The molecule has 0 aromatic carbocycles. The Hall–Kier alpha value is -2.05. The van der Waals surface area contributed by atoms with Crippen LogP contribution in [0.3, 0.4) is 0 Å². The minimum Gasteiger partial charge on any atom is -0.444 e. The maximum atomic E-state index is 12.3. The molecule has 7 nitrogen and oxygen atoms in total. The summed E-state index contributed by atoms with van der Waals surface area (Å²) in [4.78, 5) is 26.2. The average Bonchev–Trinajstić information content (AvgIpc) is 3.19. The van der Waals surface area contributed by atoms with Crippen LogP contribution in [0.5, 0.6) is 0 Å². The molecule has 0 atom stereocenters. The van der Waals surface area contributed by atoms with Crippen molar-refractivity contribution in [2.24, 2.45) is 7.05 Å². The molecule has 0 unspecified atom stereocenters. The van der Waals surface area contributed by atoms with Gasteiger partial charge in [-0.1, -0.05) is 0 Å². The van der Waals surface area contributed by atoms with E-state index in [9.17, 15) is 9.59 Å². The summed E-state index contributed by atoms with van der Waals surface area (Å²) in [5.41, 5.74) is 1.84. The van der Waals surface area contributed by atoms with Gasteiger partial charge in [-0.25, -0.2) is 4.79 Å². The zero-order chi connectivity index (χ0) is 16.8. The van der Waals surface area contributed by atoms with Gasteiger partial charge in [-0.15, -0.1) is 0 Å². The number of aryl methyl sites for hydroxylation is 1. The van der Waals surface area contributed by atoms with Crippen LogP contribution < -0.4 is 5.32 Å². The highest BCUT2D eigenvalue weighted by Crippen LogP contribution is 2.25. The van der Waals surface area contributed by atoms with Crippen molar-refractivity contribution in [3.8, 4) is 0 Å². The lowest BCUT2D eigenvalue weighted by Gasteiger charge is -2.30. The van der Waals surface area contributed by atoms with Gasteiger partial charge in [0.2, 0.25) is 0 Å². The van der Waals surface area contributed by atoms with Gasteiger partial charge in [0.15, 0.2) is 5.69 Å². The summed E-state index contributed by atoms with van der Waals surface area (Å²) in [5.74, 6) is -0.102. The quantitative estimate of drug-likeness (QED) is 0.898. The van der Waals surface area contributed by atoms with Crippen LogP contribution in [0.4, 0.5) is 4.79 Å². The fourth-order valence-corrected chi connectivity index (χ4v) is 2.72. The number of carbonyl (C=O) groups excluding carboxylic acids is 2. The van der Waals surface area contributed by atoms with Crippen LogP contribution in [0.2, 0.25) is 0 Å². The molecule has 1 N–H and O–H groups in total. The summed E-state index contributed by atoms with van der Waals surface area (Å²) < 4.78 is 7.13. The molecular weight excluding hydrogens is 296 g/mol. The minimum absolute atomic E-state index is 0.102. The van der Waals surface area contributed by atoms with E-state index in [2.05, 4.69) is 10.4 Å². The van der Waals surface area contributed by atoms with Crippen molar-refractivity contribution in [3.05, 3.63) is 17.0 Å². The molecule has 2 heterocycles. The largest absolute Gasteiger partial charge is 0.444 e. The van der Waals surface area contributed by atoms with Gasteiger partial charge in [0.25, 0.3) is 5.91 Å². The van der Waals surface area contributed by atoms with E-state index in [1.165, 1.54) is 0 Å². The van der Waals surface area contributed by atoms with Crippen molar-refractivity contribution >= 4 is 12.0 Å². The molecule has 2 aliphatic rings. The Bertz CT molecular complexity index is 640. The van der Waals surface area contributed by atoms with Crippen LogP contribution in [-0.2, 0) is 24.8 Å². The maximum Gasteiger partial charge on any atom is 0.410 e. The Labute approximate surface area is 136 Å². The number of hydrogen-bond donors (Lipinski definition) is 1. The van der Waals surface area contributed by atoms with Gasteiger partial charge >= 0.3 is 6.09 Å². The van der Waals surface area contributed by atoms with E-state index < -0.39 is 5.60 Å². The van der Waals surface area contributed by atoms with Crippen molar-refractivity contribution in [3.63, 3.8) is 0 Å². The number of amides is 2. The second kappa shape index (κ2) is 5.54. The van der Waals surface area contributed by atoms with Crippen molar-refractivity contribution in [2.45, 2.75) is 58.2 Å². The molecule has 126 valence electrons. The van der Waals surface area contributed by atoms with Gasteiger partial charge < -0.3 is 15.0 Å². The molecule has 3 rings (SSSR count). The highest BCUT2D eigenvalue weighted by molar-refractivity contribution is 5.94. The third-order valence-corrected chi connectivity index (χ3v) is 4.03. The van der Waals surface area contributed by atoms with Crippen LogP contribution in [-0.4, -0.2) is 44.9 Å². The van der Waals surface area contributed by atoms with Gasteiger partial charge in [0.05, 0.1) is 12.2 Å². The molecule has 7 heteroatoms. The van der Waals surface area contributed by atoms with Gasteiger partial charge in [-0.2, -0.15) is 5.10 Å². The van der Waals surface area contributed by atoms with E-state index in [1.54, 1.807) is 9.58 Å². The second-order valence-corrected chi connectivity index (χ2v) is 7.30. The first kappa shape index (κ1) is 15.8. The smallest absolute Gasteiger partial charge is 0.410 e. The molecule has 23 heavy (non-hydrogen) atoms. The molecule has 1 aliphatic carbocycles. The lowest BCUT2D eigenvalue weighted by Crippen LogP contribution is -2.40. The molecule has 0 saturated heterocycles. The Morgan fingerprint density at radius 2 is 2.00 bits per heavy atom. The summed E-state index contributed by atoms with van der Waals surface area (Å²) in [6, 6.07) is 0.307. The molecular formula is C16H24N4O3. The minimum atomic E-state index is -0.515. The Kier molecular flexibility index (Phi) is 3.82. The molecule has 1 aromatic heterocycles.